The van der Waals surface area contributed by atoms with Crippen LogP contribution in [0.1, 0.15) is 58.1 Å². The van der Waals surface area contributed by atoms with Crippen molar-refractivity contribution in [2.24, 2.45) is 5.92 Å². The Morgan fingerprint density at radius 3 is 2.78 bits per heavy atom. The van der Waals surface area contributed by atoms with E-state index in [-0.39, 0.29) is 11.8 Å². The van der Waals surface area contributed by atoms with E-state index in [0.29, 0.717) is 17.9 Å². The van der Waals surface area contributed by atoms with Gasteiger partial charge in [-0.2, -0.15) is 0 Å². The molecule has 6 nitrogen and oxygen atoms in total. The molecule has 3 rings (SSSR count). The maximum Gasteiger partial charge on any atom is 0.228 e. The molecule has 2 atom stereocenters. The highest BCUT2D eigenvalue weighted by Gasteiger charge is 2.25. The number of carbonyl (C=O) groups excluding carboxylic acids is 1. The lowest BCUT2D eigenvalue weighted by molar-refractivity contribution is -0.120. The normalized spacial score (nSPS) is 21.2. The third-order valence-electron chi connectivity index (χ3n) is 4.84. The van der Waals surface area contributed by atoms with E-state index in [9.17, 15) is 4.79 Å². The Morgan fingerprint density at radius 1 is 1.35 bits per heavy atom. The predicted molar refractivity (Wildman–Crippen MR) is 91.2 cm³/mol. The van der Waals surface area contributed by atoms with Crippen molar-refractivity contribution >= 4 is 22.8 Å². The highest BCUT2D eigenvalue weighted by molar-refractivity contribution is 5.99. The smallest absolute Gasteiger partial charge is 0.228 e. The lowest BCUT2D eigenvalue weighted by Crippen LogP contribution is -2.22. The molecule has 0 radical (unpaired) electrons. The molecule has 124 valence electrons. The predicted octanol–water partition coefficient (Wildman–Crippen LogP) is 3.15. The van der Waals surface area contributed by atoms with Gasteiger partial charge in [-0.15, -0.1) is 0 Å². The van der Waals surface area contributed by atoms with Crippen molar-refractivity contribution in [3.63, 3.8) is 0 Å². The van der Waals surface area contributed by atoms with Crippen molar-refractivity contribution in [2.45, 2.75) is 58.5 Å². The lowest BCUT2D eigenvalue weighted by Gasteiger charge is -2.13. The Morgan fingerprint density at radius 2 is 2.13 bits per heavy atom. The first-order valence-electron chi connectivity index (χ1n) is 8.52. The Bertz CT molecular complexity index is 691. The van der Waals surface area contributed by atoms with Gasteiger partial charge in [0.1, 0.15) is 11.8 Å². The number of nitrogens with one attached hydrogen (secondary N) is 3. The van der Waals surface area contributed by atoms with Crippen LogP contribution in [-0.2, 0) is 4.79 Å². The summed E-state index contributed by atoms with van der Waals surface area (Å²) in [6.07, 6.45) is 7.45. The van der Waals surface area contributed by atoms with Crippen LogP contribution in [0.4, 0.5) is 5.82 Å². The molecule has 2 aromatic heterocycles. The largest absolute Gasteiger partial charge is 0.356 e. The second-order valence-corrected chi connectivity index (χ2v) is 6.39. The van der Waals surface area contributed by atoms with Crippen molar-refractivity contribution in [2.75, 3.05) is 5.32 Å². The van der Waals surface area contributed by atoms with Crippen LogP contribution in [0.5, 0.6) is 0 Å². The molecule has 0 aliphatic carbocycles. The zero-order valence-electron chi connectivity index (χ0n) is 14.0. The number of hydrogen-bond acceptors (Lipinski definition) is 4. The molecule has 0 bridgehead atoms. The van der Waals surface area contributed by atoms with E-state index in [2.05, 4.69) is 32.5 Å². The van der Waals surface area contributed by atoms with Crippen molar-refractivity contribution in [1.82, 2.24) is 20.3 Å². The fraction of sp³-hybridized carbons (Fsp3) is 0.588. The van der Waals surface area contributed by atoms with Gasteiger partial charge in [0.05, 0.1) is 5.52 Å². The molecule has 3 N–H and O–H groups in total. The quantitative estimate of drug-likeness (QED) is 0.791. The first kappa shape index (κ1) is 15.9. The Labute approximate surface area is 136 Å². The average Bonchev–Trinajstić information content (AvgIpc) is 3.15. The number of aromatic amines is 1. The highest BCUT2D eigenvalue weighted by atomic mass is 16.1. The van der Waals surface area contributed by atoms with Crippen molar-refractivity contribution in [1.29, 1.82) is 0 Å². The van der Waals surface area contributed by atoms with E-state index in [4.69, 9.17) is 0 Å². The van der Waals surface area contributed by atoms with Gasteiger partial charge in [0.15, 0.2) is 5.82 Å². The van der Waals surface area contributed by atoms with Gasteiger partial charge in [-0.1, -0.05) is 13.8 Å². The number of carbonyl (C=O) groups is 1. The van der Waals surface area contributed by atoms with E-state index in [1.54, 1.807) is 0 Å². The number of amides is 1. The number of aromatic nitrogens is 3. The SMILES string of the molecule is CCC(CC)C(=O)Nc1ncnc2c([C@H]3CC[C@@H](C)N3)c[nH]c12. The molecule has 23 heavy (non-hydrogen) atoms. The molecule has 0 spiro atoms. The number of anilines is 1. The zero-order chi connectivity index (χ0) is 16.4. The van der Waals surface area contributed by atoms with Gasteiger partial charge in [-0.3, -0.25) is 4.79 Å². The first-order chi connectivity index (χ1) is 11.1. The third kappa shape index (κ3) is 3.08. The Hall–Kier alpha value is -1.95. The third-order valence-corrected chi connectivity index (χ3v) is 4.84. The number of H-pyrrole nitrogens is 1. The molecule has 1 aliphatic rings. The molecule has 1 amide bonds. The summed E-state index contributed by atoms with van der Waals surface area (Å²) >= 11 is 0. The summed E-state index contributed by atoms with van der Waals surface area (Å²) in [6.45, 7) is 6.26. The van der Waals surface area contributed by atoms with E-state index in [0.717, 1.165) is 35.9 Å². The maximum absolute atomic E-state index is 12.3. The van der Waals surface area contributed by atoms with Gasteiger partial charge in [0.25, 0.3) is 0 Å². The number of nitrogens with zero attached hydrogens (tertiary/aromatic N) is 2. The monoisotopic (exact) mass is 315 g/mol. The number of hydrogen-bond donors (Lipinski definition) is 3. The molecule has 1 aliphatic heterocycles. The summed E-state index contributed by atoms with van der Waals surface area (Å²) < 4.78 is 0. The van der Waals surface area contributed by atoms with Crippen LogP contribution in [0.15, 0.2) is 12.5 Å². The maximum atomic E-state index is 12.3. The Kier molecular flexibility index (Phi) is 4.61. The summed E-state index contributed by atoms with van der Waals surface area (Å²) in [4.78, 5) is 24.3. The molecule has 6 heteroatoms. The number of fused-ring (bicyclic) bond motifs is 1. The summed E-state index contributed by atoms with van der Waals surface area (Å²) in [5, 5.41) is 6.54. The minimum atomic E-state index is 0.0202. The van der Waals surface area contributed by atoms with E-state index >= 15 is 0 Å². The van der Waals surface area contributed by atoms with Crippen molar-refractivity contribution in [3.05, 3.63) is 18.1 Å². The van der Waals surface area contributed by atoms with Crippen LogP contribution < -0.4 is 10.6 Å². The second kappa shape index (κ2) is 6.66. The standard InChI is InChI=1S/C17H25N5O/c1-4-11(5-2)17(23)22-16-15-14(19-9-20-16)12(8-18-15)13-7-6-10(3)21-13/h8-11,13,18,21H,4-7H2,1-3H3,(H,19,20,22,23)/t10-,13-/m1/s1. The van der Waals surface area contributed by atoms with Gasteiger partial charge in [0, 0.05) is 29.8 Å². The fourth-order valence-electron chi connectivity index (χ4n) is 3.37. The van der Waals surface area contributed by atoms with Gasteiger partial charge in [-0.05, 0) is 32.6 Å². The van der Waals surface area contributed by atoms with E-state index in [1.165, 1.54) is 12.7 Å². The van der Waals surface area contributed by atoms with Crippen LogP contribution in [0.25, 0.3) is 11.0 Å². The zero-order valence-corrected chi connectivity index (χ0v) is 14.0. The van der Waals surface area contributed by atoms with Gasteiger partial charge in [-0.25, -0.2) is 9.97 Å². The van der Waals surface area contributed by atoms with Crippen LogP contribution >= 0.6 is 0 Å². The molecule has 1 fully saturated rings. The Balaban J connectivity index is 1.88. The van der Waals surface area contributed by atoms with Gasteiger partial charge >= 0.3 is 0 Å². The molecule has 2 aromatic rings. The summed E-state index contributed by atoms with van der Waals surface area (Å²) in [7, 11) is 0. The summed E-state index contributed by atoms with van der Waals surface area (Å²) in [6, 6.07) is 0.845. The molecule has 3 heterocycles. The van der Waals surface area contributed by atoms with E-state index in [1.807, 2.05) is 20.0 Å². The topological polar surface area (TPSA) is 82.7 Å². The minimum Gasteiger partial charge on any atom is -0.356 e. The minimum absolute atomic E-state index is 0.0202. The second-order valence-electron chi connectivity index (χ2n) is 6.39. The fourth-order valence-corrected chi connectivity index (χ4v) is 3.37. The highest BCUT2D eigenvalue weighted by Crippen LogP contribution is 2.32. The molecular weight excluding hydrogens is 290 g/mol. The van der Waals surface area contributed by atoms with Gasteiger partial charge < -0.3 is 15.6 Å². The van der Waals surface area contributed by atoms with Crippen molar-refractivity contribution < 1.29 is 4.79 Å². The van der Waals surface area contributed by atoms with Crippen LogP contribution in [0.3, 0.4) is 0 Å². The first-order valence-corrected chi connectivity index (χ1v) is 8.52. The van der Waals surface area contributed by atoms with E-state index < -0.39 is 0 Å². The molecule has 0 aromatic carbocycles. The summed E-state index contributed by atoms with van der Waals surface area (Å²) in [5.41, 5.74) is 2.86. The van der Waals surface area contributed by atoms with Crippen LogP contribution in [0.2, 0.25) is 0 Å². The lowest BCUT2D eigenvalue weighted by atomic mass is 10.0. The molecule has 0 saturated carbocycles. The number of rotatable bonds is 5. The van der Waals surface area contributed by atoms with Crippen LogP contribution in [-0.4, -0.2) is 26.9 Å². The molecule has 0 unspecified atom stereocenters. The van der Waals surface area contributed by atoms with Crippen LogP contribution in [0, 0.1) is 5.92 Å². The average molecular weight is 315 g/mol. The van der Waals surface area contributed by atoms with Gasteiger partial charge in [0.2, 0.25) is 5.91 Å². The molecule has 1 saturated heterocycles. The summed E-state index contributed by atoms with van der Waals surface area (Å²) in [5.74, 6) is 0.620. The molecular formula is C17H25N5O. The van der Waals surface area contributed by atoms with Crippen molar-refractivity contribution in [3.8, 4) is 0 Å².